The molecule has 1 aliphatic heterocycles. The molecule has 1 heterocycles. The third-order valence-electron chi connectivity index (χ3n) is 3.81. The van der Waals surface area contributed by atoms with Gasteiger partial charge in [-0.2, -0.15) is 0 Å². The van der Waals surface area contributed by atoms with Crippen molar-refractivity contribution in [3.63, 3.8) is 0 Å². The van der Waals surface area contributed by atoms with Crippen LogP contribution in [-0.2, 0) is 20.7 Å². The molecule has 0 atom stereocenters. The quantitative estimate of drug-likeness (QED) is 0.598. The Balaban J connectivity index is 1.71. The molecule has 0 aliphatic carbocycles. The second kappa shape index (κ2) is 7.78. The number of benzene rings is 1. The number of nitrogens with zero attached hydrogens (tertiary/aromatic N) is 2. The number of piperazine rings is 1. The van der Waals surface area contributed by atoms with Crippen LogP contribution in [0, 0.1) is 0 Å². The van der Waals surface area contributed by atoms with Gasteiger partial charge in [-0.15, -0.1) is 0 Å². The number of hydrogen-bond acceptors (Lipinski definition) is 4. The molecule has 5 heteroatoms. The van der Waals surface area contributed by atoms with E-state index in [1.165, 1.54) is 12.7 Å². The van der Waals surface area contributed by atoms with Crippen molar-refractivity contribution in [1.29, 1.82) is 0 Å². The lowest BCUT2D eigenvalue weighted by Crippen LogP contribution is -2.49. The highest BCUT2D eigenvalue weighted by Crippen LogP contribution is 2.07. The van der Waals surface area contributed by atoms with E-state index < -0.39 is 5.97 Å². The van der Waals surface area contributed by atoms with Crippen LogP contribution >= 0.6 is 0 Å². The number of carbonyl (C=O) groups is 2. The van der Waals surface area contributed by atoms with Gasteiger partial charge in [0.2, 0.25) is 5.91 Å². The van der Waals surface area contributed by atoms with Gasteiger partial charge in [0.1, 0.15) is 6.42 Å². The summed E-state index contributed by atoms with van der Waals surface area (Å²) in [7, 11) is 1.30. The number of carbonyl (C=O) groups excluding carboxylic acids is 2. The molecule has 1 aliphatic rings. The molecule has 1 saturated heterocycles. The zero-order chi connectivity index (χ0) is 15.1. The number of hydrogen-bond donors (Lipinski definition) is 0. The van der Waals surface area contributed by atoms with E-state index in [2.05, 4.69) is 33.9 Å². The Morgan fingerprint density at radius 1 is 1.10 bits per heavy atom. The first-order valence-electron chi connectivity index (χ1n) is 7.30. The monoisotopic (exact) mass is 290 g/mol. The summed E-state index contributed by atoms with van der Waals surface area (Å²) >= 11 is 0. The molecule has 0 saturated carbocycles. The largest absolute Gasteiger partial charge is 0.469 e. The van der Waals surface area contributed by atoms with Gasteiger partial charge in [0.25, 0.3) is 0 Å². The fourth-order valence-corrected chi connectivity index (χ4v) is 2.46. The summed E-state index contributed by atoms with van der Waals surface area (Å²) in [4.78, 5) is 27.1. The van der Waals surface area contributed by atoms with Gasteiger partial charge in [0, 0.05) is 32.7 Å². The van der Waals surface area contributed by atoms with Crippen LogP contribution in [0.3, 0.4) is 0 Å². The number of rotatable bonds is 5. The van der Waals surface area contributed by atoms with Gasteiger partial charge in [0.05, 0.1) is 7.11 Å². The van der Waals surface area contributed by atoms with Crippen LogP contribution in [0.4, 0.5) is 0 Å². The Kier molecular flexibility index (Phi) is 5.75. The summed E-state index contributed by atoms with van der Waals surface area (Å²) in [6.45, 7) is 4.10. The van der Waals surface area contributed by atoms with Crippen LogP contribution in [0.2, 0.25) is 0 Å². The van der Waals surface area contributed by atoms with Gasteiger partial charge in [-0.25, -0.2) is 0 Å². The first-order chi connectivity index (χ1) is 10.2. The molecule has 114 valence electrons. The lowest BCUT2D eigenvalue weighted by atomic mass is 10.1. The lowest BCUT2D eigenvalue weighted by molar-refractivity contribution is -0.147. The van der Waals surface area contributed by atoms with Gasteiger partial charge in [-0.1, -0.05) is 30.3 Å². The third kappa shape index (κ3) is 4.86. The molecule has 5 nitrogen and oxygen atoms in total. The SMILES string of the molecule is COC(=O)CC(=O)N1CCN(CCc2ccccc2)CC1. The average Bonchev–Trinajstić information content (AvgIpc) is 2.54. The van der Waals surface area contributed by atoms with Gasteiger partial charge in [0.15, 0.2) is 0 Å². The maximum absolute atomic E-state index is 11.9. The summed E-state index contributed by atoms with van der Waals surface area (Å²) in [5, 5.41) is 0. The molecule has 1 amide bonds. The van der Waals surface area contributed by atoms with Gasteiger partial charge < -0.3 is 9.64 Å². The highest BCUT2D eigenvalue weighted by Gasteiger charge is 2.22. The maximum atomic E-state index is 11.9. The summed E-state index contributed by atoms with van der Waals surface area (Å²) in [6.07, 6.45) is 0.872. The van der Waals surface area contributed by atoms with E-state index in [0.717, 1.165) is 26.1 Å². The second-order valence-corrected chi connectivity index (χ2v) is 5.21. The van der Waals surface area contributed by atoms with Crippen LogP contribution in [-0.4, -0.2) is 61.5 Å². The topological polar surface area (TPSA) is 49.9 Å². The van der Waals surface area contributed by atoms with E-state index in [1.54, 1.807) is 4.90 Å². The van der Waals surface area contributed by atoms with Crippen molar-refractivity contribution in [2.45, 2.75) is 12.8 Å². The van der Waals surface area contributed by atoms with Crippen molar-refractivity contribution in [3.8, 4) is 0 Å². The zero-order valence-electron chi connectivity index (χ0n) is 12.5. The van der Waals surface area contributed by atoms with Crippen molar-refractivity contribution in [1.82, 2.24) is 9.80 Å². The van der Waals surface area contributed by atoms with Crippen molar-refractivity contribution < 1.29 is 14.3 Å². The fourth-order valence-electron chi connectivity index (χ4n) is 2.46. The van der Waals surface area contributed by atoms with E-state index in [0.29, 0.717) is 13.1 Å². The number of amides is 1. The smallest absolute Gasteiger partial charge is 0.315 e. The summed E-state index contributed by atoms with van der Waals surface area (Å²) in [5.74, 6) is -0.601. The van der Waals surface area contributed by atoms with E-state index in [1.807, 2.05) is 6.07 Å². The second-order valence-electron chi connectivity index (χ2n) is 5.21. The van der Waals surface area contributed by atoms with Crippen molar-refractivity contribution >= 4 is 11.9 Å². The van der Waals surface area contributed by atoms with Gasteiger partial charge in [-0.05, 0) is 12.0 Å². The Morgan fingerprint density at radius 3 is 2.38 bits per heavy atom. The minimum absolute atomic E-state index is 0.135. The molecule has 21 heavy (non-hydrogen) atoms. The molecule has 1 aromatic carbocycles. The minimum Gasteiger partial charge on any atom is -0.469 e. The summed E-state index contributed by atoms with van der Waals surface area (Å²) in [5.41, 5.74) is 1.33. The molecule has 0 unspecified atom stereocenters. The van der Waals surface area contributed by atoms with E-state index >= 15 is 0 Å². The predicted molar refractivity (Wildman–Crippen MR) is 79.8 cm³/mol. The molecule has 0 bridgehead atoms. The molecule has 0 aromatic heterocycles. The molecule has 0 radical (unpaired) electrons. The van der Waals surface area contributed by atoms with Crippen LogP contribution in [0.25, 0.3) is 0 Å². The average molecular weight is 290 g/mol. The normalized spacial score (nSPS) is 15.8. The third-order valence-corrected chi connectivity index (χ3v) is 3.81. The first kappa shape index (κ1) is 15.5. The number of esters is 1. The van der Waals surface area contributed by atoms with Crippen molar-refractivity contribution in [2.24, 2.45) is 0 Å². The molecule has 0 N–H and O–H groups in total. The summed E-state index contributed by atoms with van der Waals surface area (Å²) in [6, 6.07) is 10.4. The van der Waals surface area contributed by atoms with Gasteiger partial charge in [-0.3, -0.25) is 14.5 Å². The van der Waals surface area contributed by atoms with Crippen LogP contribution < -0.4 is 0 Å². The fraction of sp³-hybridized carbons (Fsp3) is 0.500. The Morgan fingerprint density at radius 2 is 1.76 bits per heavy atom. The van der Waals surface area contributed by atoms with E-state index in [9.17, 15) is 9.59 Å². The number of ether oxygens (including phenoxy) is 1. The predicted octanol–water partition coefficient (Wildman–Crippen LogP) is 0.936. The molecule has 2 rings (SSSR count). The van der Waals surface area contributed by atoms with Crippen molar-refractivity contribution in [3.05, 3.63) is 35.9 Å². The first-order valence-corrected chi connectivity index (χ1v) is 7.30. The van der Waals surface area contributed by atoms with Crippen molar-refractivity contribution in [2.75, 3.05) is 39.8 Å². The van der Waals surface area contributed by atoms with Crippen LogP contribution in [0.5, 0.6) is 0 Å². The molecule has 1 fully saturated rings. The molecular weight excluding hydrogens is 268 g/mol. The Labute approximate surface area is 125 Å². The lowest BCUT2D eigenvalue weighted by Gasteiger charge is -2.34. The summed E-state index contributed by atoms with van der Waals surface area (Å²) < 4.78 is 4.52. The highest BCUT2D eigenvalue weighted by atomic mass is 16.5. The molecule has 1 aromatic rings. The molecular formula is C16H22N2O3. The zero-order valence-corrected chi connectivity index (χ0v) is 12.5. The van der Waals surface area contributed by atoms with E-state index in [-0.39, 0.29) is 12.3 Å². The Bertz CT molecular complexity index is 468. The van der Waals surface area contributed by atoms with E-state index in [4.69, 9.17) is 0 Å². The standard InChI is InChI=1S/C16H22N2O3/c1-21-16(20)13-15(19)18-11-9-17(10-12-18)8-7-14-5-3-2-4-6-14/h2-6H,7-13H2,1H3. The Hall–Kier alpha value is -1.88. The highest BCUT2D eigenvalue weighted by molar-refractivity contribution is 5.94. The van der Waals surface area contributed by atoms with Gasteiger partial charge >= 0.3 is 5.97 Å². The number of methoxy groups -OCH3 is 1. The van der Waals surface area contributed by atoms with Crippen LogP contribution in [0.15, 0.2) is 30.3 Å². The van der Waals surface area contributed by atoms with Crippen LogP contribution in [0.1, 0.15) is 12.0 Å². The minimum atomic E-state index is -0.466. The molecule has 0 spiro atoms. The maximum Gasteiger partial charge on any atom is 0.315 e.